The van der Waals surface area contributed by atoms with E-state index in [1.165, 1.54) is 11.3 Å². The van der Waals surface area contributed by atoms with Crippen LogP contribution in [-0.2, 0) is 26.2 Å². The van der Waals surface area contributed by atoms with E-state index in [2.05, 4.69) is 5.32 Å². The quantitative estimate of drug-likeness (QED) is 0.385. The van der Waals surface area contributed by atoms with Crippen molar-refractivity contribution in [3.63, 3.8) is 0 Å². The summed E-state index contributed by atoms with van der Waals surface area (Å²) in [7, 11) is -4.06. The highest BCUT2D eigenvalue weighted by molar-refractivity contribution is 7.92. The molecule has 0 saturated heterocycles. The van der Waals surface area contributed by atoms with Crippen molar-refractivity contribution in [2.24, 2.45) is 0 Å². The average Bonchev–Trinajstić information content (AvgIpc) is 2.96. The topological polar surface area (TPSA) is 86.8 Å². The van der Waals surface area contributed by atoms with E-state index >= 15 is 0 Å². The highest BCUT2D eigenvalue weighted by Crippen LogP contribution is 2.25. The lowest BCUT2D eigenvalue weighted by Crippen LogP contribution is -2.53. The molecular formula is C31H37N3O4S. The summed E-state index contributed by atoms with van der Waals surface area (Å²) in [6.07, 6.45) is 5.19. The molecule has 8 heteroatoms. The number of carbonyl (C=O) groups is 2. The Kier molecular flexibility index (Phi) is 9.41. The van der Waals surface area contributed by atoms with Crippen LogP contribution in [0.25, 0.3) is 0 Å². The molecule has 3 aromatic carbocycles. The number of rotatable bonds is 10. The van der Waals surface area contributed by atoms with E-state index in [1.807, 2.05) is 37.3 Å². The SMILES string of the molecule is Cc1ccc(S(=O)(=O)N(CC(=O)N(Cc2ccccc2)[C@H](C)C(=O)NC2CCCCC2)c2ccccc2)cc1. The number of hydrogen-bond donors (Lipinski definition) is 1. The molecule has 0 aromatic heterocycles. The van der Waals surface area contributed by atoms with Crippen LogP contribution in [-0.4, -0.2) is 43.8 Å². The molecule has 1 N–H and O–H groups in total. The number of aryl methyl sites for hydroxylation is 1. The molecule has 1 aliphatic rings. The Morgan fingerprint density at radius 1 is 0.872 bits per heavy atom. The molecule has 0 aliphatic heterocycles. The molecule has 0 radical (unpaired) electrons. The molecule has 1 aliphatic carbocycles. The lowest BCUT2D eigenvalue weighted by molar-refractivity contribution is -0.139. The molecule has 1 fully saturated rings. The van der Waals surface area contributed by atoms with Crippen LogP contribution >= 0.6 is 0 Å². The molecule has 4 rings (SSSR count). The van der Waals surface area contributed by atoms with Crippen LogP contribution in [0.2, 0.25) is 0 Å². The van der Waals surface area contributed by atoms with Gasteiger partial charge in [-0.2, -0.15) is 0 Å². The highest BCUT2D eigenvalue weighted by atomic mass is 32.2. The van der Waals surface area contributed by atoms with E-state index in [0.717, 1.165) is 41.1 Å². The maximum Gasteiger partial charge on any atom is 0.264 e. The van der Waals surface area contributed by atoms with Crippen LogP contribution in [0, 0.1) is 6.92 Å². The van der Waals surface area contributed by atoms with Crippen molar-refractivity contribution >= 4 is 27.5 Å². The lowest BCUT2D eigenvalue weighted by Gasteiger charge is -2.33. The molecule has 0 spiro atoms. The molecular weight excluding hydrogens is 510 g/mol. The summed E-state index contributed by atoms with van der Waals surface area (Å²) < 4.78 is 28.7. The van der Waals surface area contributed by atoms with Gasteiger partial charge >= 0.3 is 0 Å². The fraction of sp³-hybridized carbons (Fsp3) is 0.355. The van der Waals surface area contributed by atoms with E-state index in [4.69, 9.17) is 0 Å². The third kappa shape index (κ3) is 7.26. The number of para-hydroxylation sites is 1. The summed E-state index contributed by atoms with van der Waals surface area (Å²) in [5.74, 6) is -0.677. The molecule has 1 saturated carbocycles. The number of benzene rings is 3. The van der Waals surface area contributed by atoms with Crippen LogP contribution < -0.4 is 9.62 Å². The van der Waals surface area contributed by atoms with Crippen molar-refractivity contribution in [2.45, 2.75) is 69.5 Å². The third-order valence-electron chi connectivity index (χ3n) is 7.25. The first-order valence-corrected chi connectivity index (χ1v) is 15.0. The number of anilines is 1. The Hall–Kier alpha value is -3.65. The number of hydrogen-bond acceptors (Lipinski definition) is 4. The molecule has 7 nitrogen and oxygen atoms in total. The summed E-state index contributed by atoms with van der Waals surface area (Å²) in [6, 6.07) is 23.9. The first kappa shape index (κ1) is 28.4. The standard InChI is InChI=1S/C31H37N3O4S/c1-24-18-20-29(21-19-24)39(37,38)34(28-16-10-5-11-17-28)23-30(35)33(22-26-12-6-3-7-13-26)25(2)31(36)32-27-14-8-4-9-15-27/h3,5-7,10-13,16-21,25,27H,4,8-9,14-15,22-23H2,1-2H3,(H,32,36)/t25-/m1/s1. The summed E-state index contributed by atoms with van der Waals surface area (Å²) in [6.45, 7) is 3.34. The van der Waals surface area contributed by atoms with E-state index in [0.29, 0.717) is 5.69 Å². The zero-order valence-electron chi connectivity index (χ0n) is 22.6. The van der Waals surface area contributed by atoms with Crippen LogP contribution in [0.1, 0.15) is 50.2 Å². The van der Waals surface area contributed by atoms with Gasteiger partial charge in [-0.15, -0.1) is 0 Å². The van der Waals surface area contributed by atoms with Gasteiger partial charge in [-0.05, 0) is 56.5 Å². The van der Waals surface area contributed by atoms with Crippen molar-refractivity contribution in [2.75, 3.05) is 10.8 Å². The number of nitrogens with one attached hydrogen (secondary N) is 1. The number of sulfonamides is 1. The summed E-state index contributed by atoms with van der Waals surface area (Å²) in [5, 5.41) is 3.12. The molecule has 39 heavy (non-hydrogen) atoms. The van der Waals surface area contributed by atoms with Crippen molar-refractivity contribution < 1.29 is 18.0 Å². The number of amides is 2. The van der Waals surface area contributed by atoms with Gasteiger partial charge in [0.25, 0.3) is 10.0 Å². The Labute approximate surface area is 231 Å². The van der Waals surface area contributed by atoms with Crippen LogP contribution in [0.4, 0.5) is 5.69 Å². The van der Waals surface area contributed by atoms with Crippen LogP contribution in [0.5, 0.6) is 0 Å². The number of nitrogens with zero attached hydrogens (tertiary/aromatic N) is 2. The second kappa shape index (κ2) is 12.9. The predicted octanol–water partition coefficient (Wildman–Crippen LogP) is 5.06. The largest absolute Gasteiger partial charge is 0.352 e. The van der Waals surface area contributed by atoms with Gasteiger partial charge in [0.15, 0.2) is 0 Å². The normalized spacial score (nSPS) is 14.8. The molecule has 0 heterocycles. The minimum atomic E-state index is -4.06. The van der Waals surface area contributed by atoms with Gasteiger partial charge in [0.05, 0.1) is 10.6 Å². The monoisotopic (exact) mass is 547 g/mol. The van der Waals surface area contributed by atoms with Gasteiger partial charge in [0, 0.05) is 12.6 Å². The van der Waals surface area contributed by atoms with Gasteiger partial charge < -0.3 is 10.2 Å². The van der Waals surface area contributed by atoms with Crippen LogP contribution in [0.15, 0.2) is 89.8 Å². The minimum absolute atomic E-state index is 0.0995. The second-order valence-electron chi connectivity index (χ2n) is 10.2. The first-order valence-electron chi connectivity index (χ1n) is 13.5. The van der Waals surface area contributed by atoms with E-state index in [-0.39, 0.29) is 23.4 Å². The fourth-order valence-corrected chi connectivity index (χ4v) is 6.31. The van der Waals surface area contributed by atoms with Gasteiger partial charge in [0.1, 0.15) is 12.6 Å². The molecule has 0 unspecified atom stereocenters. The number of carbonyl (C=O) groups excluding carboxylic acids is 2. The lowest BCUT2D eigenvalue weighted by atomic mass is 9.95. The molecule has 0 bridgehead atoms. The van der Waals surface area contributed by atoms with Gasteiger partial charge in [-0.1, -0.05) is 85.5 Å². The van der Waals surface area contributed by atoms with Gasteiger partial charge in [-0.25, -0.2) is 8.42 Å². The summed E-state index contributed by atoms with van der Waals surface area (Å²) in [5.41, 5.74) is 2.17. The fourth-order valence-electron chi connectivity index (χ4n) is 4.89. The second-order valence-corrected chi connectivity index (χ2v) is 12.0. The maximum atomic E-state index is 13.9. The smallest absolute Gasteiger partial charge is 0.264 e. The highest BCUT2D eigenvalue weighted by Gasteiger charge is 2.33. The third-order valence-corrected chi connectivity index (χ3v) is 9.03. The van der Waals surface area contributed by atoms with Crippen molar-refractivity contribution in [1.82, 2.24) is 10.2 Å². The van der Waals surface area contributed by atoms with E-state index in [1.54, 1.807) is 61.5 Å². The summed E-state index contributed by atoms with van der Waals surface area (Å²) >= 11 is 0. The molecule has 1 atom stereocenters. The van der Waals surface area contributed by atoms with Gasteiger partial charge in [-0.3, -0.25) is 13.9 Å². The predicted molar refractivity (Wildman–Crippen MR) is 154 cm³/mol. The van der Waals surface area contributed by atoms with Gasteiger partial charge in [0.2, 0.25) is 11.8 Å². The Morgan fingerprint density at radius 3 is 2.08 bits per heavy atom. The zero-order valence-corrected chi connectivity index (χ0v) is 23.4. The zero-order chi connectivity index (χ0) is 27.8. The Bertz CT molecular complexity index is 1340. The maximum absolute atomic E-state index is 13.9. The van der Waals surface area contributed by atoms with Crippen molar-refractivity contribution in [3.05, 3.63) is 96.1 Å². The van der Waals surface area contributed by atoms with E-state index in [9.17, 15) is 18.0 Å². The molecule has 2 amide bonds. The van der Waals surface area contributed by atoms with E-state index < -0.39 is 28.5 Å². The first-order chi connectivity index (χ1) is 18.8. The van der Waals surface area contributed by atoms with Crippen molar-refractivity contribution in [1.29, 1.82) is 0 Å². The Balaban J connectivity index is 1.64. The molecule has 3 aromatic rings. The average molecular weight is 548 g/mol. The summed E-state index contributed by atoms with van der Waals surface area (Å²) in [4.78, 5) is 28.8. The Morgan fingerprint density at radius 2 is 1.46 bits per heavy atom. The minimum Gasteiger partial charge on any atom is -0.352 e. The van der Waals surface area contributed by atoms with Crippen molar-refractivity contribution in [3.8, 4) is 0 Å². The molecule has 206 valence electrons. The van der Waals surface area contributed by atoms with Crippen LogP contribution in [0.3, 0.4) is 0 Å².